The van der Waals surface area contributed by atoms with Crippen molar-refractivity contribution in [3.63, 3.8) is 0 Å². The number of nitrogens with one attached hydrogen (secondary N) is 1. The molecule has 0 amide bonds. The Kier molecular flexibility index (Phi) is 4.68. The minimum absolute atomic E-state index is 0.192. The largest absolute Gasteiger partial charge is 0.494 e. The molecule has 0 spiro atoms. The van der Waals surface area contributed by atoms with Gasteiger partial charge in [0.15, 0.2) is 11.6 Å². The average molecular weight is 278 g/mol. The van der Waals surface area contributed by atoms with Gasteiger partial charge in [-0.15, -0.1) is 5.10 Å². The molecule has 20 heavy (non-hydrogen) atoms. The molecule has 1 aromatic heterocycles. The molecular formula is C14H19FN4O. The summed E-state index contributed by atoms with van der Waals surface area (Å²) in [6.07, 6.45) is 1.82. The van der Waals surface area contributed by atoms with Gasteiger partial charge in [0.25, 0.3) is 0 Å². The van der Waals surface area contributed by atoms with Gasteiger partial charge in [-0.1, -0.05) is 19.1 Å². The smallest absolute Gasteiger partial charge is 0.165 e. The van der Waals surface area contributed by atoms with Crippen LogP contribution in [0, 0.1) is 11.7 Å². The standard InChI is InChI=1S/C14H19FN4O/c1-10(2)7-16-8-11-9-19(18-17-11)12-4-5-13(15)14(6-12)20-3/h4-6,9-10,16H,7-8H2,1-3H3. The number of nitrogens with zero attached hydrogens (tertiary/aromatic N) is 3. The predicted octanol–water partition coefficient (Wildman–Crippen LogP) is 2.16. The van der Waals surface area contributed by atoms with Gasteiger partial charge in [-0.25, -0.2) is 9.07 Å². The van der Waals surface area contributed by atoms with E-state index >= 15 is 0 Å². The van der Waals surface area contributed by atoms with Crippen LogP contribution in [0.4, 0.5) is 4.39 Å². The van der Waals surface area contributed by atoms with Gasteiger partial charge in [0.2, 0.25) is 0 Å². The van der Waals surface area contributed by atoms with Gasteiger partial charge in [-0.2, -0.15) is 0 Å². The third-order valence-electron chi connectivity index (χ3n) is 2.80. The normalized spacial score (nSPS) is 11.1. The molecule has 0 bridgehead atoms. The maximum Gasteiger partial charge on any atom is 0.165 e. The Morgan fingerprint density at radius 3 is 2.90 bits per heavy atom. The number of benzene rings is 1. The first kappa shape index (κ1) is 14.5. The van der Waals surface area contributed by atoms with E-state index in [1.807, 2.05) is 6.20 Å². The molecule has 0 aliphatic heterocycles. The fourth-order valence-electron chi connectivity index (χ4n) is 1.79. The fraction of sp³-hybridized carbons (Fsp3) is 0.429. The van der Waals surface area contributed by atoms with Gasteiger partial charge in [-0.05, 0) is 24.6 Å². The summed E-state index contributed by atoms with van der Waals surface area (Å²) in [6, 6.07) is 4.58. The van der Waals surface area contributed by atoms with E-state index in [9.17, 15) is 4.39 Å². The van der Waals surface area contributed by atoms with Crippen molar-refractivity contribution in [1.82, 2.24) is 20.3 Å². The van der Waals surface area contributed by atoms with E-state index in [4.69, 9.17) is 4.74 Å². The first-order valence-corrected chi connectivity index (χ1v) is 6.56. The Morgan fingerprint density at radius 2 is 2.20 bits per heavy atom. The molecule has 0 unspecified atom stereocenters. The molecule has 2 aromatic rings. The van der Waals surface area contributed by atoms with Crippen molar-refractivity contribution in [3.05, 3.63) is 35.9 Å². The third kappa shape index (κ3) is 3.54. The lowest BCUT2D eigenvalue weighted by Crippen LogP contribution is -2.19. The molecule has 1 heterocycles. The summed E-state index contributed by atoms with van der Waals surface area (Å²) in [5.74, 6) is 0.388. The Balaban J connectivity index is 2.08. The van der Waals surface area contributed by atoms with Crippen molar-refractivity contribution < 1.29 is 9.13 Å². The lowest BCUT2D eigenvalue weighted by molar-refractivity contribution is 0.386. The number of rotatable bonds is 6. The van der Waals surface area contributed by atoms with Gasteiger partial charge in [0.05, 0.1) is 24.7 Å². The van der Waals surface area contributed by atoms with Crippen LogP contribution in [-0.4, -0.2) is 28.6 Å². The van der Waals surface area contributed by atoms with E-state index in [2.05, 4.69) is 29.5 Å². The maximum atomic E-state index is 13.4. The molecule has 5 nitrogen and oxygen atoms in total. The zero-order valence-electron chi connectivity index (χ0n) is 11.9. The molecule has 0 saturated carbocycles. The van der Waals surface area contributed by atoms with Crippen molar-refractivity contribution >= 4 is 0 Å². The fourth-order valence-corrected chi connectivity index (χ4v) is 1.79. The summed E-state index contributed by atoms with van der Waals surface area (Å²) >= 11 is 0. The zero-order chi connectivity index (χ0) is 14.5. The van der Waals surface area contributed by atoms with Crippen LogP contribution in [0.5, 0.6) is 5.75 Å². The van der Waals surface area contributed by atoms with Crippen LogP contribution in [0.1, 0.15) is 19.5 Å². The SMILES string of the molecule is COc1cc(-n2cc(CNCC(C)C)nn2)ccc1F. The summed E-state index contributed by atoms with van der Waals surface area (Å²) in [5.41, 5.74) is 1.56. The Hall–Kier alpha value is -1.95. The van der Waals surface area contributed by atoms with Crippen LogP contribution in [0.15, 0.2) is 24.4 Å². The molecule has 6 heteroatoms. The van der Waals surface area contributed by atoms with Crippen LogP contribution in [0.2, 0.25) is 0 Å². The molecule has 0 saturated heterocycles. The minimum atomic E-state index is -0.393. The molecule has 2 rings (SSSR count). The number of ether oxygens (including phenoxy) is 1. The summed E-state index contributed by atoms with van der Waals surface area (Å²) in [6.45, 7) is 5.89. The monoisotopic (exact) mass is 278 g/mol. The molecule has 0 radical (unpaired) electrons. The summed E-state index contributed by atoms with van der Waals surface area (Å²) in [4.78, 5) is 0. The van der Waals surface area contributed by atoms with Gasteiger partial charge in [0.1, 0.15) is 0 Å². The van der Waals surface area contributed by atoms with Crippen LogP contribution in [0.3, 0.4) is 0 Å². The Labute approximate surface area is 117 Å². The molecule has 0 aliphatic carbocycles. The van der Waals surface area contributed by atoms with Gasteiger partial charge in [-0.3, -0.25) is 0 Å². The van der Waals surface area contributed by atoms with Crippen molar-refractivity contribution in [3.8, 4) is 11.4 Å². The molecule has 1 aromatic carbocycles. The van der Waals surface area contributed by atoms with Crippen molar-refractivity contribution in [2.75, 3.05) is 13.7 Å². The zero-order valence-corrected chi connectivity index (χ0v) is 11.9. The summed E-state index contributed by atoms with van der Waals surface area (Å²) in [7, 11) is 1.44. The third-order valence-corrected chi connectivity index (χ3v) is 2.80. The summed E-state index contributed by atoms with van der Waals surface area (Å²) in [5, 5.41) is 11.4. The first-order chi connectivity index (χ1) is 9.60. The van der Waals surface area contributed by atoms with E-state index in [0.29, 0.717) is 18.2 Å². The highest BCUT2D eigenvalue weighted by Gasteiger charge is 2.07. The second-order valence-electron chi connectivity index (χ2n) is 5.00. The van der Waals surface area contributed by atoms with Crippen molar-refractivity contribution in [1.29, 1.82) is 0 Å². The van der Waals surface area contributed by atoms with Crippen LogP contribution >= 0.6 is 0 Å². The second kappa shape index (κ2) is 6.47. The second-order valence-corrected chi connectivity index (χ2v) is 5.00. The van der Waals surface area contributed by atoms with E-state index in [1.54, 1.807) is 16.8 Å². The molecule has 0 atom stereocenters. The maximum absolute atomic E-state index is 13.4. The van der Waals surface area contributed by atoms with E-state index in [0.717, 1.165) is 12.2 Å². The van der Waals surface area contributed by atoms with E-state index in [-0.39, 0.29) is 5.75 Å². The molecule has 108 valence electrons. The van der Waals surface area contributed by atoms with Crippen LogP contribution < -0.4 is 10.1 Å². The van der Waals surface area contributed by atoms with Crippen LogP contribution in [0.25, 0.3) is 5.69 Å². The predicted molar refractivity (Wildman–Crippen MR) is 74.4 cm³/mol. The lowest BCUT2D eigenvalue weighted by atomic mass is 10.2. The minimum Gasteiger partial charge on any atom is -0.494 e. The number of hydrogen-bond acceptors (Lipinski definition) is 4. The van der Waals surface area contributed by atoms with Gasteiger partial charge < -0.3 is 10.1 Å². The highest BCUT2D eigenvalue weighted by molar-refractivity contribution is 5.39. The Bertz CT molecular complexity index is 568. The van der Waals surface area contributed by atoms with Gasteiger partial charge in [0, 0.05) is 12.6 Å². The first-order valence-electron chi connectivity index (χ1n) is 6.56. The molecule has 0 fully saturated rings. The Morgan fingerprint density at radius 1 is 1.40 bits per heavy atom. The summed E-state index contributed by atoms with van der Waals surface area (Å²) < 4.78 is 19.9. The highest BCUT2D eigenvalue weighted by atomic mass is 19.1. The number of methoxy groups -OCH3 is 1. The molecule has 1 N–H and O–H groups in total. The number of aromatic nitrogens is 3. The number of hydrogen-bond donors (Lipinski definition) is 1. The van der Waals surface area contributed by atoms with E-state index < -0.39 is 5.82 Å². The average Bonchev–Trinajstić information content (AvgIpc) is 2.87. The lowest BCUT2D eigenvalue weighted by Gasteiger charge is -2.05. The topological polar surface area (TPSA) is 52.0 Å². The van der Waals surface area contributed by atoms with Gasteiger partial charge >= 0.3 is 0 Å². The van der Waals surface area contributed by atoms with E-state index in [1.165, 1.54) is 13.2 Å². The quantitative estimate of drug-likeness (QED) is 0.879. The molecule has 0 aliphatic rings. The highest BCUT2D eigenvalue weighted by Crippen LogP contribution is 2.20. The molecular weight excluding hydrogens is 259 g/mol. The van der Waals surface area contributed by atoms with Crippen LogP contribution in [-0.2, 0) is 6.54 Å². The number of halogens is 1. The van der Waals surface area contributed by atoms with Crippen molar-refractivity contribution in [2.24, 2.45) is 5.92 Å². The van der Waals surface area contributed by atoms with Crippen molar-refractivity contribution in [2.45, 2.75) is 20.4 Å².